The molecule has 4 aromatic heterocycles. The normalized spacial score (nSPS) is 17.3. The van der Waals surface area contributed by atoms with Gasteiger partial charge in [0.25, 0.3) is 0 Å². The van der Waals surface area contributed by atoms with E-state index in [1.54, 1.807) is 18.5 Å². The van der Waals surface area contributed by atoms with E-state index in [1.807, 2.05) is 36.9 Å². The molecule has 0 spiro atoms. The number of nitrogens with zero attached hydrogens (tertiary/aromatic N) is 9. The first kappa shape index (κ1) is 47.0. The maximum Gasteiger partial charge on any atom is 0.211 e. The van der Waals surface area contributed by atoms with E-state index in [2.05, 4.69) is 50.6 Å². The van der Waals surface area contributed by atoms with Crippen molar-refractivity contribution in [1.82, 2.24) is 29.6 Å². The maximum absolute atomic E-state index is 15.1. The van der Waals surface area contributed by atoms with Crippen LogP contribution < -0.4 is 35.6 Å². The fraction of sp³-hybridized carbons (Fsp3) is 0.404. The van der Waals surface area contributed by atoms with Gasteiger partial charge in [0.1, 0.15) is 46.5 Å². The van der Waals surface area contributed by atoms with Gasteiger partial charge in [0.2, 0.25) is 10.0 Å². The van der Waals surface area contributed by atoms with Gasteiger partial charge in [-0.25, -0.2) is 45.9 Å². The van der Waals surface area contributed by atoms with Gasteiger partial charge >= 0.3 is 0 Å². The van der Waals surface area contributed by atoms with Crippen LogP contribution in [0.1, 0.15) is 11.1 Å². The van der Waals surface area contributed by atoms with Crippen LogP contribution in [0.2, 0.25) is 0 Å². The van der Waals surface area contributed by atoms with Gasteiger partial charge in [-0.3, -0.25) is 0 Å². The molecule has 0 unspecified atom stereocenters. The summed E-state index contributed by atoms with van der Waals surface area (Å²) in [5.41, 5.74) is 4.57. The number of aromatic nitrogens is 4. The Morgan fingerprint density at radius 1 is 0.574 bits per heavy atom. The van der Waals surface area contributed by atoms with Crippen molar-refractivity contribution in [3.05, 3.63) is 95.3 Å². The van der Waals surface area contributed by atoms with Crippen molar-refractivity contribution in [2.45, 2.75) is 13.8 Å². The number of sulfonamides is 1. The molecule has 0 bridgehead atoms. The molecule has 2 aromatic carbocycles. The second-order valence-electron chi connectivity index (χ2n) is 17.1. The summed E-state index contributed by atoms with van der Waals surface area (Å²) in [6.07, 6.45) is 4.61. The van der Waals surface area contributed by atoms with Crippen LogP contribution in [0.5, 0.6) is 0 Å². The minimum absolute atomic E-state index is 0.184. The monoisotopic (exact) mass is 958 g/mol. The van der Waals surface area contributed by atoms with E-state index in [0.29, 0.717) is 86.6 Å². The molecule has 6 aromatic rings. The summed E-state index contributed by atoms with van der Waals surface area (Å²) in [7, 11) is -3.29. The first-order chi connectivity index (χ1) is 32.8. The van der Waals surface area contributed by atoms with Crippen LogP contribution >= 0.6 is 0 Å². The molecule has 4 saturated heterocycles. The highest BCUT2D eigenvalue weighted by molar-refractivity contribution is 7.88. The zero-order valence-corrected chi connectivity index (χ0v) is 39.0. The summed E-state index contributed by atoms with van der Waals surface area (Å²) in [6.45, 7) is 14.0. The third kappa shape index (κ3) is 10.3. The van der Waals surface area contributed by atoms with Gasteiger partial charge in [-0.15, -0.1) is 0 Å². The van der Waals surface area contributed by atoms with Crippen molar-refractivity contribution in [2.24, 2.45) is 0 Å². The lowest BCUT2D eigenvalue weighted by Crippen LogP contribution is -2.48. The number of nitrogens with one attached hydrogen (secondary N) is 3. The number of rotatable bonds is 9. The predicted octanol–water partition coefficient (Wildman–Crippen LogP) is 6.08. The zero-order chi connectivity index (χ0) is 47.5. The summed E-state index contributed by atoms with van der Waals surface area (Å²) < 4.78 is 94.4. The summed E-state index contributed by atoms with van der Waals surface area (Å²) in [4.78, 5) is 26.6. The van der Waals surface area contributed by atoms with Gasteiger partial charge in [-0.2, -0.15) is 4.31 Å². The Hall–Kier alpha value is -6.13. The van der Waals surface area contributed by atoms with Crippen molar-refractivity contribution < 1.29 is 35.5 Å². The molecule has 0 aliphatic carbocycles. The molecule has 21 heteroatoms. The molecule has 4 aliphatic rings. The van der Waals surface area contributed by atoms with Crippen LogP contribution in [0.4, 0.5) is 63.6 Å². The third-order valence-corrected chi connectivity index (χ3v) is 13.9. The van der Waals surface area contributed by atoms with Crippen molar-refractivity contribution in [3.8, 4) is 0 Å². The highest BCUT2D eigenvalue weighted by Crippen LogP contribution is 2.39. The molecule has 0 radical (unpaired) electrons. The molecule has 8 heterocycles. The van der Waals surface area contributed by atoms with Crippen LogP contribution in [-0.2, 0) is 19.5 Å². The molecular formula is C47H54F4N12O4S. The fourth-order valence-corrected chi connectivity index (χ4v) is 9.86. The molecule has 68 heavy (non-hydrogen) atoms. The van der Waals surface area contributed by atoms with E-state index in [1.165, 1.54) is 22.7 Å². The van der Waals surface area contributed by atoms with E-state index in [4.69, 9.17) is 9.47 Å². The molecule has 0 saturated carbocycles. The number of pyridine rings is 4. The zero-order valence-electron chi connectivity index (χ0n) is 38.2. The third-order valence-electron chi connectivity index (χ3n) is 12.6. The Kier molecular flexibility index (Phi) is 14.0. The summed E-state index contributed by atoms with van der Waals surface area (Å²) in [5, 5.41) is 10.5. The van der Waals surface area contributed by atoms with Gasteiger partial charge in [0, 0.05) is 150 Å². The van der Waals surface area contributed by atoms with E-state index >= 15 is 4.39 Å². The Labute approximate surface area is 392 Å². The molecule has 0 amide bonds. The lowest BCUT2D eigenvalue weighted by molar-refractivity contribution is 0.122. The lowest BCUT2D eigenvalue weighted by Gasteiger charge is -2.35. The van der Waals surface area contributed by atoms with E-state index in [9.17, 15) is 21.6 Å². The van der Waals surface area contributed by atoms with E-state index in [0.717, 1.165) is 93.2 Å². The second-order valence-corrected chi connectivity index (χ2v) is 19.1. The standard InChI is InChI=1S/C24H28F2N6O3S.C23H26F2N6O/c1-16-23(28-18-3-4-27-21(15-18)30-9-11-35-12-10-30)22-19(26)13-17(25)14-20(22)29-24(16)31-5-7-32(8-6-31)36(2,33)34;1-15-22(28-17-2-3-27-20(14-17)30-8-10-32-11-9-30)21-18(25)12-16(24)13-19(21)29-23(15)31-6-4-26-5-7-31/h3-4,13-15H,5-12H2,1-2H3,(H,27,28,29);2-3,12-14,26H,4-11H2,1H3,(H,27,28,29). The summed E-state index contributed by atoms with van der Waals surface area (Å²) in [6, 6.07) is 11.7. The SMILES string of the molecule is Cc1c(N2CCN(S(C)(=O)=O)CC2)nc2cc(F)cc(F)c2c1Nc1ccnc(N2CCOCC2)c1.Cc1c(N2CCNCC2)nc2cc(F)cc(F)c2c1Nc1ccnc(N2CCOCC2)c1. The van der Waals surface area contributed by atoms with Crippen LogP contribution in [0.15, 0.2) is 60.9 Å². The van der Waals surface area contributed by atoms with Crippen LogP contribution in [0.3, 0.4) is 0 Å². The number of halogens is 4. The van der Waals surface area contributed by atoms with Crippen molar-refractivity contribution in [3.63, 3.8) is 0 Å². The number of hydrogen-bond acceptors (Lipinski definition) is 15. The minimum Gasteiger partial charge on any atom is -0.378 e. The maximum atomic E-state index is 15.1. The van der Waals surface area contributed by atoms with Gasteiger partial charge in [-0.1, -0.05) is 0 Å². The number of anilines is 8. The number of ether oxygens (including phenoxy) is 2. The smallest absolute Gasteiger partial charge is 0.211 e. The number of hydrogen-bond donors (Lipinski definition) is 3. The molecule has 10 rings (SSSR count). The first-order valence-corrected chi connectivity index (χ1v) is 24.5. The number of benzene rings is 2. The Balaban J connectivity index is 0.000000171. The average Bonchev–Trinajstić information content (AvgIpc) is 3.34. The van der Waals surface area contributed by atoms with Gasteiger partial charge in [-0.05, 0) is 26.0 Å². The first-order valence-electron chi connectivity index (χ1n) is 22.7. The quantitative estimate of drug-likeness (QED) is 0.143. The largest absolute Gasteiger partial charge is 0.378 e. The molecule has 16 nitrogen and oxygen atoms in total. The number of piperazine rings is 2. The number of fused-ring (bicyclic) bond motifs is 2. The van der Waals surface area contributed by atoms with Gasteiger partial charge < -0.3 is 45.0 Å². The highest BCUT2D eigenvalue weighted by Gasteiger charge is 2.28. The van der Waals surface area contributed by atoms with Crippen molar-refractivity contribution in [2.75, 3.05) is 141 Å². The number of morpholine rings is 2. The summed E-state index contributed by atoms with van der Waals surface area (Å²) in [5.74, 6) is 0.229. The molecule has 3 N–H and O–H groups in total. The van der Waals surface area contributed by atoms with Gasteiger partial charge in [0.05, 0.1) is 65.9 Å². The Morgan fingerprint density at radius 3 is 1.43 bits per heavy atom. The fourth-order valence-electron chi connectivity index (χ4n) is 9.03. The lowest BCUT2D eigenvalue weighted by atomic mass is 10.1. The topological polar surface area (TPSA) is 156 Å². The van der Waals surface area contributed by atoms with Crippen LogP contribution in [-0.4, -0.2) is 144 Å². The highest BCUT2D eigenvalue weighted by atomic mass is 32.2. The Bertz CT molecular complexity index is 2910. The molecular weight excluding hydrogens is 905 g/mol. The second kappa shape index (κ2) is 20.2. The van der Waals surface area contributed by atoms with Crippen molar-refractivity contribution >= 4 is 77.9 Å². The summed E-state index contributed by atoms with van der Waals surface area (Å²) >= 11 is 0. The Morgan fingerprint density at radius 2 is 1.00 bits per heavy atom. The van der Waals surface area contributed by atoms with E-state index < -0.39 is 33.3 Å². The van der Waals surface area contributed by atoms with E-state index in [-0.39, 0.29) is 16.3 Å². The van der Waals surface area contributed by atoms with Gasteiger partial charge in [0.15, 0.2) is 0 Å². The minimum atomic E-state index is -3.29. The molecule has 0 atom stereocenters. The van der Waals surface area contributed by atoms with Crippen LogP contribution in [0, 0.1) is 37.1 Å². The van der Waals surface area contributed by atoms with Crippen molar-refractivity contribution in [1.29, 1.82) is 0 Å². The van der Waals surface area contributed by atoms with Crippen LogP contribution in [0.25, 0.3) is 21.8 Å². The molecule has 4 aliphatic heterocycles. The predicted molar refractivity (Wildman–Crippen MR) is 258 cm³/mol. The average molecular weight is 959 g/mol. The molecule has 360 valence electrons. The molecule has 4 fully saturated rings.